The summed E-state index contributed by atoms with van der Waals surface area (Å²) in [4.78, 5) is 24.2. The van der Waals surface area contributed by atoms with E-state index in [1.54, 1.807) is 37.1 Å². The molecule has 1 aromatic carbocycles. The van der Waals surface area contributed by atoms with Crippen LogP contribution in [0.4, 0.5) is 0 Å². The fourth-order valence-corrected chi connectivity index (χ4v) is 2.20. The van der Waals surface area contributed by atoms with E-state index in [2.05, 4.69) is 10.4 Å². The van der Waals surface area contributed by atoms with Gasteiger partial charge in [-0.15, -0.1) is 0 Å². The van der Waals surface area contributed by atoms with E-state index in [-0.39, 0.29) is 12.5 Å². The van der Waals surface area contributed by atoms with E-state index in [0.29, 0.717) is 6.42 Å². The van der Waals surface area contributed by atoms with Gasteiger partial charge in [0.25, 0.3) is 0 Å². The number of ether oxygens (including phenoxy) is 1. The maximum Gasteiger partial charge on any atom is 0.328 e. The molecule has 0 fully saturated rings. The normalized spacial score (nSPS) is 12.1. The average Bonchev–Trinajstić information content (AvgIpc) is 2.99. The number of hydrogen-bond donors (Lipinski definition) is 1. The SMILES string of the molecule is CCOC(=O)[C@H](Cc1ccccc1)NC(=O)/C=C\c1cnn(C)c1. The van der Waals surface area contributed by atoms with Gasteiger partial charge in [0.15, 0.2) is 0 Å². The average molecular weight is 327 g/mol. The number of carbonyl (C=O) groups is 2. The van der Waals surface area contributed by atoms with Crippen molar-refractivity contribution in [2.45, 2.75) is 19.4 Å². The number of rotatable bonds is 7. The van der Waals surface area contributed by atoms with E-state index in [9.17, 15) is 9.59 Å². The molecule has 0 spiro atoms. The molecule has 1 atom stereocenters. The Hall–Kier alpha value is -2.89. The lowest BCUT2D eigenvalue weighted by Crippen LogP contribution is -2.42. The molecule has 6 heteroatoms. The summed E-state index contributed by atoms with van der Waals surface area (Å²) in [6.45, 7) is 2.01. The molecular formula is C18H21N3O3. The Morgan fingerprint density at radius 1 is 1.33 bits per heavy atom. The predicted octanol–water partition coefficient (Wildman–Crippen LogP) is 1.72. The minimum atomic E-state index is -0.724. The molecule has 2 aromatic rings. The summed E-state index contributed by atoms with van der Waals surface area (Å²) in [5, 5.41) is 6.72. The first-order chi connectivity index (χ1) is 11.6. The maximum absolute atomic E-state index is 12.1. The van der Waals surface area contributed by atoms with Crippen molar-refractivity contribution >= 4 is 18.0 Å². The molecular weight excluding hydrogens is 306 g/mol. The molecule has 0 aliphatic rings. The topological polar surface area (TPSA) is 73.2 Å². The Labute approximate surface area is 141 Å². The van der Waals surface area contributed by atoms with Gasteiger partial charge >= 0.3 is 5.97 Å². The first kappa shape index (κ1) is 17.5. The van der Waals surface area contributed by atoms with E-state index in [0.717, 1.165) is 11.1 Å². The number of nitrogens with zero attached hydrogens (tertiary/aromatic N) is 2. The van der Waals surface area contributed by atoms with E-state index in [1.807, 2.05) is 30.3 Å². The molecule has 1 N–H and O–H groups in total. The van der Waals surface area contributed by atoms with Crippen LogP contribution in [0.15, 0.2) is 48.8 Å². The van der Waals surface area contributed by atoms with Crippen LogP contribution in [0.2, 0.25) is 0 Å². The highest BCUT2D eigenvalue weighted by Gasteiger charge is 2.21. The van der Waals surface area contributed by atoms with Gasteiger partial charge in [0.1, 0.15) is 6.04 Å². The lowest BCUT2D eigenvalue weighted by molar-refractivity contribution is -0.146. The summed E-state index contributed by atoms with van der Waals surface area (Å²) in [6.07, 6.45) is 6.85. The number of nitrogens with one attached hydrogen (secondary N) is 1. The Balaban J connectivity index is 2.02. The van der Waals surface area contributed by atoms with Crippen LogP contribution in [-0.4, -0.2) is 34.3 Å². The summed E-state index contributed by atoms with van der Waals surface area (Å²) in [6, 6.07) is 8.77. The van der Waals surface area contributed by atoms with Gasteiger partial charge in [0.2, 0.25) is 5.91 Å². The van der Waals surface area contributed by atoms with Crippen molar-refractivity contribution in [2.75, 3.05) is 6.61 Å². The highest BCUT2D eigenvalue weighted by molar-refractivity contribution is 5.94. The molecule has 126 valence electrons. The molecule has 0 unspecified atom stereocenters. The molecule has 0 bridgehead atoms. The van der Waals surface area contributed by atoms with Crippen molar-refractivity contribution in [3.8, 4) is 0 Å². The number of carbonyl (C=O) groups excluding carboxylic acids is 2. The quantitative estimate of drug-likeness (QED) is 0.621. The van der Waals surface area contributed by atoms with Gasteiger partial charge < -0.3 is 10.1 Å². The van der Waals surface area contributed by atoms with Crippen LogP contribution in [0, 0.1) is 0 Å². The molecule has 2 rings (SSSR count). The third-order valence-corrected chi connectivity index (χ3v) is 3.32. The minimum absolute atomic E-state index is 0.269. The third-order valence-electron chi connectivity index (χ3n) is 3.32. The van der Waals surface area contributed by atoms with Crippen LogP contribution in [0.1, 0.15) is 18.1 Å². The smallest absolute Gasteiger partial charge is 0.328 e. The Morgan fingerprint density at radius 2 is 2.08 bits per heavy atom. The standard InChI is InChI=1S/C18H21N3O3/c1-3-24-18(23)16(11-14-7-5-4-6-8-14)20-17(22)10-9-15-12-19-21(2)13-15/h4-10,12-13,16H,3,11H2,1-2H3,(H,20,22)/b10-9-/t16-/m0/s1. The molecule has 0 saturated carbocycles. The number of hydrogen-bond acceptors (Lipinski definition) is 4. The molecule has 24 heavy (non-hydrogen) atoms. The van der Waals surface area contributed by atoms with E-state index in [4.69, 9.17) is 4.74 Å². The molecule has 1 aromatic heterocycles. The number of aromatic nitrogens is 2. The molecule has 1 amide bonds. The zero-order valence-electron chi connectivity index (χ0n) is 13.8. The zero-order valence-corrected chi connectivity index (χ0v) is 13.8. The van der Waals surface area contributed by atoms with Crippen molar-refractivity contribution < 1.29 is 14.3 Å². The second-order valence-electron chi connectivity index (χ2n) is 5.28. The summed E-state index contributed by atoms with van der Waals surface area (Å²) in [5.41, 5.74) is 1.76. The fraction of sp³-hybridized carbons (Fsp3) is 0.278. The highest BCUT2D eigenvalue weighted by Crippen LogP contribution is 2.05. The molecule has 0 aliphatic carbocycles. The summed E-state index contributed by atoms with van der Waals surface area (Å²) < 4.78 is 6.70. The lowest BCUT2D eigenvalue weighted by atomic mass is 10.1. The van der Waals surface area contributed by atoms with Crippen molar-refractivity contribution in [3.63, 3.8) is 0 Å². The van der Waals surface area contributed by atoms with Gasteiger partial charge in [0.05, 0.1) is 12.8 Å². The highest BCUT2D eigenvalue weighted by atomic mass is 16.5. The van der Waals surface area contributed by atoms with Gasteiger partial charge in [-0.2, -0.15) is 5.10 Å². The predicted molar refractivity (Wildman–Crippen MR) is 91.0 cm³/mol. The van der Waals surface area contributed by atoms with Crippen molar-refractivity contribution in [2.24, 2.45) is 7.05 Å². The van der Waals surface area contributed by atoms with Crippen LogP contribution >= 0.6 is 0 Å². The van der Waals surface area contributed by atoms with Crippen molar-refractivity contribution in [1.82, 2.24) is 15.1 Å². The second kappa shape index (κ2) is 8.67. The van der Waals surface area contributed by atoms with E-state index in [1.165, 1.54) is 6.08 Å². The van der Waals surface area contributed by atoms with Crippen LogP contribution in [0.3, 0.4) is 0 Å². The molecule has 0 aliphatic heterocycles. The monoisotopic (exact) mass is 327 g/mol. The Morgan fingerprint density at radius 3 is 2.71 bits per heavy atom. The largest absolute Gasteiger partial charge is 0.464 e. The molecule has 1 heterocycles. The first-order valence-corrected chi connectivity index (χ1v) is 7.76. The number of benzene rings is 1. The maximum atomic E-state index is 12.1. The molecule has 6 nitrogen and oxygen atoms in total. The van der Waals surface area contributed by atoms with Crippen LogP contribution in [0.5, 0.6) is 0 Å². The van der Waals surface area contributed by atoms with Crippen molar-refractivity contribution in [3.05, 3.63) is 59.9 Å². The lowest BCUT2D eigenvalue weighted by Gasteiger charge is -2.16. The Kier molecular flexibility index (Phi) is 6.31. The number of amides is 1. The van der Waals surface area contributed by atoms with Crippen molar-refractivity contribution in [1.29, 1.82) is 0 Å². The second-order valence-corrected chi connectivity index (χ2v) is 5.28. The fourth-order valence-electron chi connectivity index (χ4n) is 2.20. The van der Waals surface area contributed by atoms with Crippen LogP contribution in [-0.2, 0) is 27.8 Å². The van der Waals surface area contributed by atoms with E-state index < -0.39 is 12.0 Å². The third kappa shape index (κ3) is 5.39. The van der Waals surface area contributed by atoms with Gasteiger partial charge in [0, 0.05) is 31.3 Å². The number of esters is 1. The van der Waals surface area contributed by atoms with Gasteiger partial charge in [-0.3, -0.25) is 9.48 Å². The molecule has 0 saturated heterocycles. The minimum Gasteiger partial charge on any atom is -0.464 e. The summed E-state index contributed by atoms with van der Waals surface area (Å²) in [5.74, 6) is -0.794. The summed E-state index contributed by atoms with van der Waals surface area (Å²) in [7, 11) is 1.80. The zero-order chi connectivity index (χ0) is 17.4. The van der Waals surface area contributed by atoms with E-state index >= 15 is 0 Å². The summed E-state index contributed by atoms with van der Waals surface area (Å²) >= 11 is 0. The van der Waals surface area contributed by atoms with Gasteiger partial charge in [-0.05, 0) is 18.6 Å². The van der Waals surface area contributed by atoms with Crippen LogP contribution in [0.25, 0.3) is 6.08 Å². The Bertz CT molecular complexity index is 707. The van der Waals surface area contributed by atoms with Gasteiger partial charge in [-0.1, -0.05) is 30.3 Å². The van der Waals surface area contributed by atoms with Gasteiger partial charge in [-0.25, -0.2) is 4.79 Å². The number of aryl methyl sites for hydroxylation is 1. The van der Waals surface area contributed by atoms with Crippen LogP contribution < -0.4 is 5.32 Å². The molecule has 0 radical (unpaired) electrons. The first-order valence-electron chi connectivity index (χ1n) is 7.76.